The summed E-state index contributed by atoms with van der Waals surface area (Å²) >= 11 is 0. The molecule has 1 aromatic heterocycles. The first-order valence-corrected chi connectivity index (χ1v) is 4.11. The summed E-state index contributed by atoms with van der Waals surface area (Å²) in [5, 5.41) is 7.01. The average Bonchev–Trinajstić information content (AvgIpc) is 2.45. The third-order valence-electron chi connectivity index (χ3n) is 1.87. The van der Waals surface area contributed by atoms with Crippen molar-refractivity contribution in [3.05, 3.63) is 18.2 Å². The highest BCUT2D eigenvalue weighted by molar-refractivity contribution is 5.77. The van der Waals surface area contributed by atoms with E-state index < -0.39 is 12.7 Å². The fraction of sp³-hybridized carbons (Fsp3) is 0.250. The van der Waals surface area contributed by atoms with E-state index in [1.54, 1.807) is 0 Å². The SMILES string of the molecule is Nc1ccc2c(c1)nnn2CC(F)(F)F. The Kier molecular flexibility index (Phi) is 2.02. The molecule has 0 atom stereocenters. The van der Waals surface area contributed by atoms with Crippen molar-refractivity contribution < 1.29 is 13.2 Å². The largest absolute Gasteiger partial charge is 0.408 e. The maximum Gasteiger partial charge on any atom is 0.408 e. The zero-order chi connectivity index (χ0) is 11.1. The molecule has 0 unspecified atom stereocenters. The summed E-state index contributed by atoms with van der Waals surface area (Å²) in [5.41, 5.74) is 6.59. The molecule has 0 saturated carbocycles. The van der Waals surface area contributed by atoms with E-state index in [9.17, 15) is 13.2 Å². The second-order valence-electron chi connectivity index (χ2n) is 3.11. The first kappa shape index (κ1) is 9.75. The van der Waals surface area contributed by atoms with Crippen LogP contribution in [-0.2, 0) is 6.54 Å². The summed E-state index contributed by atoms with van der Waals surface area (Å²) < 4.78 is 37.1. The topological polar surface area (TPSA) is 56.7 Å². The van der Waals surface area contributed by atoms with Gasteiger partial charge in [0.1, 0.15) is 12.1 Å². The van der Waals surface area contributed by atoms with Crippen LogP contribution in [0, 0.1) is 0 Å². The molecule has 0 fully saturated rings. The quantitative estimate of drug-likeness (QED) is 0.736. The van der Waals surface area contributed by atoms with Crippen molar-refractivity contribution in [1.29, 1.82) is 0 Å². The summed E-state index contributed by atoms with van der Waals surface area (Å²) in [6.45, 7) is -1.15. The third-order valence-corrected chi connectivity index (χ3v) is 1.87. The normalized spacial score (nSPS) is 12.2. The van der Waals surface area contributed by atoms with Crippen molar-refractivity contribution in [2.24, 2.45) is 0 Å². The summed E-state index contributed by atoms with van der Waals surface area (Å²) in [7, 11) is 0. The molecule has 0 bridgehead atoms. The second kappa shape index (κ2) is 3.11. The molecule has 1 aromatic carbocycles. The van der Waals surface area contributed by atoms with Gasteiger partial charge in [-0.1, -0.05) is 5.21 Å². The Bertz CT molecular complexity index is 488. The van der Waals surface area contributed by atoms with Crippen LogP contribution in [-0.4, -0.2) is 21.2 Å². The molecule has 0 aliphatic rings. The van der Waals surface area contributed by atoms with E-state index in [1.807, 2.05) is 0 Å². The Morgan fingerprint density at radius 1 is 1.33 bits per heavy atom. The van der Waals surface area contributed by atoms with Gasteiger partial charge in [0.15, 0.2) is 0 Å². The van der Waals surface area contributed by atoms with Gasteiger partial charge in [-0.05, 0) is 18.2 Å². The molecule has 0 spiro atoms. The lowest BCUT2D eigenvalue weighted by Gasteiger charge is -2.05. The number of alkyl halides is 3. The predicted octanol–water partition coefficient (Wildman–Crippen LogP) is 1.58. The van der Waals surface area contributed by atoms with Crippen molar-refractivity contribution in [2.45, 2.75) is 12.7 Å². The number of nitrogens with zero attached hydrogens (tertiary/aromatic N) is 3. The van der Waals surface area contributed by atoms with Crippen molar-refractivity contribution >= 4 is 16.7 Å². The number of hydrogen-bond donors (Lipinski definition) is 1. The van der Waals surface area contributed by atoms with Gasteiger partial charge < -0.3 is 5.73 Å². The summed E-state index contributed by atoms with van der Waals surface area (Å²) in [6, 6.07) is 4.46. The second-order valence-corrected chi connectivity index (χ2v) is 3.11. The number of anilines is 1. The van der Waals surface area contributed by atoms with Gasteiger partial charge in [-0.25, -0.2) is 4.68 Å². The molecule has 0 aliphatic heterocycles. The highest BCUT2D eigenvalue weighted by atomic mass is 19.4. The fourth-order valence-corrected chi connectivity index (χ4v) is 1.28. The zero-order valence-corrected chi connectivity index (χ0v) is 7.49. The number of halogens is 3. The van der Waals surface area contributed by atoms with Crippen molar-refractivity contribution in [3.63, 3.8) is 0 Å². The maximum absolute atomic E-state index is 12.1. The molecule has 1 heterocycles. The molecule has 0 amide bonds. The molecule has 7 heteroatoms. The number of rotatable bonds is 1. The number of nitrogen functional groups attached to an aromatic ring is 1. The van der Waals surface area contributed by atoms with Crippen molar-refractivity contribution in [3.8, 4) is 0 Å². The highest BCUT2D eigenvalue weighted by Gasteiger charge is 2.29. The van der Waals surface area contributed by atoms with Gasteiger partial charge in [0.05, 0.1) is 5.52 Å². The lowest BCUT2D eigenvalue weighted by molar-refractivity contribution is -0.142. The van der Waals surface area contributed by atoms with E-state index in [1.165, 1.54) is 18.2 Å². The van der Waals surface area contributed by atoms with Crippen LogP contribution in [0.4, 0.5) is 18.9 Å². The molecular formula is C8H7F3N4. The molecule has 2 rings (SSSR count). The van der Waals surface area contributed by atoms with E-state index in [0.29, 0.717) is 16.7 Å². The number of nitrogens with two attached hydrogens (primary N) is 1. The van der Waals surface area contributed by atoms with E-state index in [0.717, 1.165) is 4.68 Å². The molecule has 0 radical (unpaired) electrons. The molecule has 2 N–H and O–H groups in total. The Hall–Kier alpha value is -1.79. The smallest absolute Gasteiger partial charge is 0.399 e. The zero-order valence-electron chi connectivity index (χ0n) is 7.49. The van der Waals surface area contributed by atoms with Crippen molar-refractivity contribution in [2.75, 3.05) is 5.73 Å². The van der Waals surface area contributed by atoms with Gasteiger partial charge in [0.25, 0.3) is 0 Å². The van der Waals surface area contributed by atoms with Gasteiger partial charge in [-0.2, -0.15) is 13.2 Å². The Labute approximate surface area is 82.5 Å². The minimum Gasteiger partial charge on any atom is -0.399 e. The Balaban J connectivity index is 2.45. The molecule has 2 aromatic rings. The van der Waals surface area contributed by atoms with Crippen LogP contribution in [0.3, 0.4) is 0 Å². The molecule has 0 saturated heterocycles. The van der Waals surface area contributed by atoms with Crippen LogP contribution in [0.15, 0.2) is 18.2 Å². The Morgan fingerprint density at radius 3 is 2.73 bits per heavy atom. The van der Waals surface area contributed by atoms with Gasteiger partial charge in [0, 0.05) is 5.69 Å². The number of fused-ring (bicyclic) bond motifs is 1. The molecule has 4 nitrogen and oxygen atoms in total. The number of hydrogen-bond acceptors (Lipinski definition) is 3. The molecule has 15 heavy (non-hydrogen) atoms. The monoisotopic (exact) mass is 216 g/mol. The van der Waals surface area contributed by atoms with Crippen LogP contribution in [0.2, 0.25) is 0 Å². The predicted molar refractivity (Wildman–Crippen MR) is 48.0 cm³/mol. The van der Waals surface area contributed by atoms with Gasteiger partial charge in [-0.15, -0.1) is 5.10 Å². The van der Waals surface area contributed by atoms with Crippen LogP contribution < -0.4 is 5.73 Å². The van der Waals surface area contributed by atoms with E-state index in [4.69, 9.17) is 5.73 Å². The van der Waals surface area contributed by atoms with E-state index in [2.05, 4.69) is 10.3 Å². The van der Waals surface area contributed by atoms with Crippen LogP contribution in [0.5, 0.6) is 0 Å². The Morgan fingerprint density at radius 2 is 2.07 bits per heavy atom. The van der Waals surface area contributed by atoms with Crippen molar-refractivity contribution in [1.82, 2.24) is 15.0 Å². The highest BCUT2D eigenvalue weighted by Crippen LogP contribution is 2.21. The summed E-state index contributed by atoms with van der Waals surface area (Å²) in [6.07, 6.45) is -4.30. The lowest BCUT2D eigenvalue weighted by Crippen LogP contribution is -2.18. The van der Waals surface area contributed by atoms with Gasteiger partial charge in [-0.3, -0.25) is 0 Å². The maximum atomic E-state index is 12.1. The van der Waals surface area contributed by atoms with Crippen LogP contribution in [0.25, 0.3) is 11.0 Å². The molecular weight excluding hydrogens is 209 g/mol. The molecule has 0 aliphatic carbocycles. The third kappa shape index (κ3) is 2.00. The first-order valence-electron chi connectivity index (χ1n) is 4.11. The number of benzene rings is 1. The minimum atomic E-state index is -4.30. The standard InChI is InChI=1S/C8H7F3N4/c9-8(10,11)4-15-7-2-1-5(12)3-6(7)13-14-15/h1-3H,4,12H2. The fourth-order valence-electron chi connectivity index (χ4n) is 1.28. The van der Waals surface area contributed by atoms with E-state index in [-0.39, 0.29) is 0 Å². The van der Waals surface area contributed by atoms with Crippen LogP contribution >= 0.6 is 0 Å². The van der Waals surface area contributed by atoms with E-state index >= 15 is 0 Å². The first-order chi connectivity index (χ1) is 6.96. The molecule has 80 valence electrons. The summed E-state index contributed by atoms with van der Waals surface area (Å²) in [4.78, 5) is 0. The number of aromatic nitrogens is 3. The lowest BCUT2D eigenvalue weighted by atomic mass is 10.3. The minimum absolute atomic E-state index is 0.321. The average molecular weight is 216 g/mol. The van der Waals surface area contributed by atoms with Gasteiger partial charge >= 0.3 is 6.18 Å². The summed E-state index contributed by atoms with van der Waals surface area (Å²) in [5.74, 6) is 0. The van der Waals surface area contributed by atoms with Crippen LogP contribution in [0.1, 0.15) is 0 Å². The van der Waals surface area contributed by atoms with Gasteiger partial charge in [0.2, 0.25) is 0 Å².